The van der Waals surface area contributed by atoms with E-state index in [9.17, 15) is 0 Å². The fraction of sp³-hybridized carbons (Fsp3) is 0.700. The van der Waals surface area contributed by atoms with Crippen LogP contribution in [0.15, 0.2) is 18.2 Å². The summed E-state index contributed by atoms with van der Waals surface area (Å²) in [5, 5.41) is 0. The minimum atomic E-state index is 0.0144. The van der Waals surface area contributed by atoms with E-state index in [1.165, 1.54) is 48.8 Å². The molecule has 0 heterocycles. The largest absolute Gasteiger partial charge is 0.325 e. The van der Waals surface area contributed by atoms with Crippen LogP contribution in [0.3, 0.4) is 0 Å². The lowest BCUT2D eigenvalue weighted by Crippen LogP contribution is -2.47. The zero-order chi connectivity index (χ0) is 15.7. The van der Waals surface area contributed by atoms with Crippen LogP contribution in [0.5, 0.6) is 0 Å². The molecule has 1 aromatic rings. The van der Waals surface area contributed by atoms with Crippen LogP contribution in [-0.4, -0.2) is 5.54 Å². The summed E-state index contributed by atoms with van der Waals surface area (Å²) in [6.45, 7) is 11.5. The first-order valence-electron chi connectivity index (χ1n) is 8.60. The van der Waals surface area contributed by atoms with Gasteiger partial charge in [0.15, 0.2) is 0 Å². The van der Waals surface area contributed by atoms with E-state index in [1.54, 1.807) is 0 Å². The molecule has 1 aliphatic carbocycles. The number of hydrogen-bond acceptors (Lipinski definition) is 1. The molecule has 1 aliphatic rings. The number of aryl methyl sites for hydroxylation is 2. The van der Waals surface area contributed by atoms with Crippen molar-refractivity contribution in [3.8, 4) is 0 Å². The zero-order valence-corrected chi connectivity index (χ0v) is 14.6. The average molecular weight is 287 g/mol. The fourth-order valence-corrected chi connectivity index (χ4v) is 4.02. The van der Waals surface area contributed by atoms with Crippen LogP contribution in [0.25, 0.3) is 0 Å². The molecule has 0 aromatic heterocycles. The molecule has 1 fully saturated rings. The minimum absolute atomic E-state index is 0.0144. The first-order valence-corrected chi connectivity index (χ1v) is 8.60. The lowest BCUT2D eigenvalue weighted by molar-refractivity contribution is 0.115. The summed E-state index contributed by atoms with van der Waals surface area (Å²) in [6, 6.07) is 6.86. The Labute approximate surface area is 131 Å². The molecule has 0 bridgehead atoms. The second-order valence-corrected chi connectivity index (χ2v) is 8.15. The molecule has 0 unspecified atom stereocenters. The van der Waals surface area contributed by atoms with Gasteiger partial charge in [-0.3, -0.25) is 0 Å². The smallest absolute Gasteiger partial charge is 0.0195 e. The van der Waals surface area contributed by atoms with Gasteiger partial charge in [-0.2, -0.15) is 0 Å². The number of hydrogen-bond donors (Lipinski definition) is 1. The van der Waals surface area contributed by atoms with Crippen molar-refractivity contribution in [2.24, 2.45) is 17.1 Å². The Hall–Kier alpha value is -0.820. The topological polar surface area (TPSA) is 26.0 Å². The molecule has 1 saturated carbocycles. The Morgan fingerprint density at radius 1 is 1.10 bits per heavy atom. The van der Waals surface area contributed by atoms with Crippen molar-refractivity contribution >= 4 is 0 Å². The van der Waals surface area contributed by atoms with Crippen molar-refractivity contribution in [1.29, 1.82) is 0 Å². The van der Waals surface area contributed by atoms with Crippen LogP contribution < -0.4 is 5.73 Å². The summed E-state index contributed by atoms with van der Waals surface area (Å²) in [4.78, 5) is 0. The summed E-state index contributed by atoms with van der Waals surface area (Å²) < 4.78 is 0. The van der Waals surface area contributed by atoms with E-state index in [4.69, 9.17) is 5.73 Å². The van der Waals surface area contributed by atoms with Gasteiger partial charge in [0.05, 0.1) is 0 Å². The summed E-state index contributed by atoms with van der Waals surface area (Å²) in [5.41, 5.74) is 11.4. The van der Waals surface area contributed by atoms with Gasteiger partial charge in [-0.15, -0.1) is 0 Å². The van der Waals surface area contributed by atoms with Gasteiger partial charge < -0.3 is 5.73 Å². The van der Waals surface area contributed by atoms with Crippen LogP contribution in [-0.2, 0) is 6.42 Å². The lowest BCUT2D eigenvalue weighted by Gasteiger charge is -2.43. The van der Waals surface area contributed by atoms with Gasteiger partial charge in [0.2, 0.25) is 0 Å². The van der Waals surface area contributed by atoms with Crippen LogP contribution in [0, 0.1) is 25.2 Å². The van der Waals surface area contributed by atoms with Gasteiger partial charge in [-0.1, -0.05) is 56.5 Å². The van der Waals surface area contributed by atoms with Gasteiger partial charge in [0.1, 0.15) is 0 Å². The molecule has 1 aromatic carbocycles. The molecule has 0 atom stereocenters. The molecule has 1 heteroatoms. The Bertz CT molecular complexity index is 458. The summed E-state index contributed by atoms with van der Waals surface area (Å²) in [6.07, 6.45) is 7.24. The predicted octanol–water partition coefficient (Wildman–Crippen LogP) is 5.17. The van der Waals surface area contributed by atoms with Crippen molar-refractivity contribution in [1.82, 2.24) is 0 Å². The van der Waals surface area contributed by atoms with Crippen molar-refractivity contribution in [3.05, 3.63) is 34.9 Å². The molecular weight excluding hydrogens is 254 g/mol. The quantitative estimate of drug-likeness (QED) is 0.812. The Morgan fingerprint density at radius 3 is 2.10 bits per heavy atom. The molecule has 1 nitrogen and oxygen atoms in total. The first-order chi connectivity index (χ1) is 9.74. The highest BCUT2D eigenvalue weighted by atomic mass is 14.7. The standard InChI is InChI=1S/C20H33N/c1-6-19(4,5)18-7-9-20(21,10-8-18)14-17-12-15(2)11-16(3)13-17/h11-13,18H,6-10,14,21H2,1-5H3. The maximum Gasteiger partial charge on any atom is 0.0195 e. The van der Waals surface area contributed by atoms with Crippen LogP contribution in [0.4, 0.5) is 0 Å². The number of nitrogens with two attached hydrogens (primary N) is 1. The van der Waals surface area contributed by atoms with Gasteiger partial charge in [-0.25, -0.2) is 0 Å². The fourth-order valence-electron chi connectivity index (χ4n) is 4.02. The molecule has 0 spiro atoms. The Kier molecular flexibility index (Phi) is 4.82. The van der Waals surface area contributed by atoms with Crippen molar-refractivity contribution < 1.29 is 0 Å². The normalized spacial score (nSPS) is 26.9. The van der Waals surface area contributed by atoms with E-state index in [0.717, 1.165) is 12.3 Å². The van der Waals surface area contributed by atoms with Gasteiger partial charge in [-0.05, 0) is 62.8 Å². The third-order valence-corrected chi connectivity index (χ3v) is 5.84. The van der Waals surface area contributed by atoms with Gasteiger partial charge >= 0.3 is 0 Å². The van der Waals surface area contributed by atoms with Crippen LogP contribution in [0.2, 0.25) is 0 Å². The zero-order valence-electron chi connectivity index (χ0n) is 14.6. The second-order valence-electron chi connectivity index (χ2n) is 8.15. The maximum absolute atomic E-state index is 6.74. The van der Waals surface area contributed by atoms with Crippen LogP contribution in [0.1, 0.15) is 69.6 Å². The molecule has 0 radical (unpaired) electrons. The van der Waals surface area contributed by atoms with E-state index in [1.807, 2.05) is 0 Å². The number of benzene rings is 1. The molecule has 118 valence electrons. The van der Waals surface area contributed by atoms with E-state index in [-0.39, 0.29) is 5.54 Å². The predicted molar refractivity (Wildman–Crippen MR) is 92.6 cm³/mol. The summed E-state index contributed by atoms with van der Waals surface area (Å²) in [5.74, 6) is 0.846. The van der Waals surface area contributed by atoms with Crippen molar-refractivity contribution in [2.45, 2.75) is 78.7 Å². The summed E-state index contributed by atoms with van der Waals surface area (Å²) in [7, 11) is 0. The molecular formula is C20H33N. The van der Waals surface area contributed by atoms with E-state index in [2.05, 4.69) is 52.8 Å². The maximum atomic E-state index is 6.74. The second kappa shape index (κ2) is 6.12. The van der Waals surface area contributed by atoms with Crippen molar-refractivity contribution in [3.63, 3.8) is 0 Å². The molecule has 2 N–H and O–H groups in total. The van der Waals surface area contributed by atoms with Crippen molar-refractivity contribution in [2.75, 3.05) is 0 Å². The third kappa shape index (κ3) is 4.10. The average Bonchev–Trinajstić information content (AvgIpc) is 2.37. The van der Waals surface area contributed by atoms with Gasteiger partial charge in [0, 0.05) is 5.54 Å². The highest BCUT2D eigenvalue weighted by Gasteiger charge is 2.37. The third-order valence-electron chi connectivity index (χ3n) is 5.84. The first kappa shape index (κ1) is 16.5. The lowest BCUT2D eigenvalue weighted by atomic mass is 9.65. The molecule has 0 saturated heterocycles. The van der Waals surface area contributed by atoms with E-state index in [0.29, 0.717) is 5.41 Å². The van der Waals surface area contributed by atoms with E-state index < -0.39 is 0 Å². The molecule has 2 rings (SSSR count). The molecule has 0 amide bonds. The van der Waals surface area contributed by atoms with Crippen LogP contribution >= 0.6 is 0 Å². The van der Waals surface area contributed by atoms with E-state index >= 15 is 0 Å². The Morgan fingerprint density at radius 2 is 1.62 bits per heavy atom. The monoisotopic (exact) mass is 287 g/mol. The highest BCUT2D eigenvalue weighted by Crippen LogP contribution is 2.43. The Balaban J connectivity index is 2.02. The highest BCUT2D eigenvalue weighted by molar-refractivity contribution is 5.30. The SMILES string of the molecule is CCC(C)(C)C1CCC(N)(Cc2cc(C)cc(C)c2)CC1. The summed E-state index contributed by atoms with van der Waals surface area (Å²) >= 11 is 0. The number of rotatable bonds is 4. The van der Waals surface area contributed by atoms with Gasteiger partial charge in [0.25, 0.3) is 0 Å². The molecule has 0 aliphatic heterocycles. The minimum Gasteiger partial charge on any atom is -0.325 e. The molecule has 21 heavy (non-hydrogen) atoms.